The first-order chi connectivity index (χ1) is 9.58. The second kappa shape index (κ2) is 8.95. The lowest BCUT2D eigenvalue weighted by molar-refractivity contribution is -0.137. The minimum atomic E-state index is -0.777. The second-order valence-corrected chi connectivity index (χ2v) is 4.78. The van der Waals surface area contributed by atoms with Gasteiger partial charge in [0.1, 0.15) is 0 Å². The number of nitrogens with one attached hydrogen (secondary N) is 2. The van der Waals surface area contributed by atoms with E-state index in [2.05, 4.69) is 15.7 Å². The van der Waals surface area contributed by atoms with Gasteiger partial charge in [0, 0.05) is 31.9 Å². The van der Waals surface area contributed by atoms with Gasteiger partial charge in [-0.1, -0.05) is 6.92 Å². The van der Waals surface area contributed by atoms with E-state index in [0.29, 0.717) is 26.1 Å². The van der Waals surface area contributed by atoms with Crippen LogP contribution >= 0.6 is 0 Å². The topological polar surface area (TPSA) is 96.3 Å². The van der Waals surface area contributed by atoms with Crippen molar-refractivity contribution in [2.75, 3.05) is 13.1 Å². The Balaban J connectivity index is 2.00. The summed E-state index contributed by atoms with van der Waals surface area (Å²) in [6.45, 7) is 3.69. The zero-order valence-electron chi connectivity index (χ0n) is 11.7. The van der Waals surface area contributed by atoms with E-state index >= 15 is 0 Å². The Morgan fingerprint density at radius 3 is 2.70 bits per heavy atom. The molecule has 0 fully saturated rings. The van der Waals surface area contributed by atoms with Gasteiger partial charge in [-0.05, 0) is 24.8 Å². The molecule has 1 atom stereocenters. The molecular weight excluding hydrogens is 260 g/mol. The molecule has 2 amide bonds. The molecule has 0 bridgehead atoms. The number of amides is 2. The fourth-order valence-electron chi connectivity index (χ4n) is 1.73. The molecule has 1 rings (SSSR count). The molecule has 0 spiro atoms. The monoisotopic (exact) mass is 282 g/mol. The molecule has 20 heavy (non-hydrogen) atoms. The highest BCUT2D eigenvalue weighted by Gasteiger charge is 2.06. The van der Waals surface area contributed by atoms with Crippen LogP contribution in [-0.2, 0) is 11.3 Å². The van der Waals surface area contributed by atoms with Crippen molar-refractivity contribution in [3.05, 3.63) is 18.5 Å². The van der Waals surface area contributed by atoms with Crippen molar-refractivity contribution in [2.45, 2.75) is 32.7 Å². The summed E-state index contributed by atoms with van der Waals surface area (Å²) in [4.78, 5) is 21.9. The Morgan fingerprint density at radius 1 is 1.30 bits per heavy atom. The molecule has 0 aliphatic rings. The lowest BCUT2D eigenvalue weighted by atomic mass is 10.0. The standard InChI is InChI=1S/C13H22N4O3/c1-11(3-4-12(18)19)5-7-14-13(20)15-8-10-17-9-2-6-16-17/h2,6,9,11H,3-5,7-8,10H2,1H3,(H,18,19)(H2,14,15,20). The van der Waals surface area contributed by atoms with Crippen molar-refractivity contribution < 1.29 is 14.7 Å². The quantitative estimate of drug-likeness (QED) is 0.631. The predicted molar refractivity (Wildman–Crippen MR) is 74.3 cm³/mol. The molecule has 7 heteroatoms. The van der Waals surface area contributed by atoms with Crippen molar-refractivity contribution in [1.82, 2.24) is 20.4 Å². The average molecular weight is 282 g/mol. The van der Waals surface area contributed by atoms with E-state index < -0.39 is 5.97 Å². The lowest BCUT2D eigenvalue weighted by Gasteiger charge is -2.11. The SMILES string of the molecule is CC(CCNC(=O)NCCn1cccn1)CCC(=O)O. The van der Waals surface area contributed by atoms with Gasteiger partial charge >= 0.3 is 12.0 Å². The van der Waals surface area contributed by atoms with Crippen molar-refractivity contribution in [1.29, 1.82) is 0 Å². The molecule has 112 valence electrons. The summed E-state index contributed by atoms with van der Waals surface area (Å²) < 4.78 is 1.74. The van der Waals surface area contributed by atoms with Crippen LogP contribution in [0.2, 0.25) is 0 Å². The summed E-state index contributed by atoms with van der Waals surface area (Å²) in [5.74, 6) is -0.489. The van der Waals surface area contributed by atoms with Gasteiger partial charge < -0.3 is 15.7 Å². The normalized spacial score (nSPS) is 11.8. The van der Waals surface area contributed by atoms with Gasteiger partial charge in [-0.15, -0.1) is 0 Å². The fourth-order valence-corrected chi connectivity index (χ4v) is 1.73. The highest BCUT2D eigenvalue weighted by molar-refractivity contribution is 5.73. The summed E-state index contributed by atoms with van der Waals surface area (Å²) in [6, 6.07) is 1.63. The van der Waals surface area contributed by atoms with Crippen molar-refractivity contribution in [2.24, 2.45) is 5.92 Å². The number of carbonyl (C=O) groups excluding carboxylic acids is 1. The summed E-state index contributed by atoms with van der Waals surface area (Å²) >= 11 is 0. The van der Waals surface area contributed by atoms with Crippen LogP contribution in [0, 0.1) is 5.92 Å². The number of nitrogens with zero attached hydrogens (tertiary/aromatic N) is 2. The summed E-state index contributed by atoms with van der Waals surface area (Å²) in [5, 5.41) is 18.1. The summed E-state index contributed by atoms with van der Waals surface area (Å²) in [6.07, 6.45) is 5.12. The third-order valence-corrected chi connectivity index (χ3v) is 2.96. The van der Waals surface area contributed by atoms with E-state index in [4.69, 9.17) is 5.11 Å². The first-order valence-corrected chi connectivity index (χ1v) is 6.79. The molecular formula is C13H22N4O3. The van der Waals surface area contributed by atoms with Crippen molar-refractivity contribution >= 4 is 12.0 Å². The number of carbonyl (C=O) groups is 2. The molecule has 0 aliphatic carbocycles. The van der Waals surface area contributed by atoms with Crippen LogP contribution < -0.4 is 10.6 Å². The van der Waals surface area contributed by atoms with Crippen LogP contribution in [0.25, 0.3) is 0 Å². The molecule has 1 aromatic rings. The Hall–Kier alpha value is -2.05. The Bertz CT molecular complexity index is 406. The largest absolute Gasteiger partial charge is 0.481 e. The number of hydrogen-bond donors (Lipinski definition) is 3. The molecule has 1 aromatic heterocycles. The molecule has 1 heterocycles. The van der Waals surface area contributed by atoms with Crippen LogP contribution in [0.5, 0.6) is 0 Å². The third-order valence-electron chi connectivity index (χ3n) is 2.96. The molecule has 7 nitrogen and oxygen atoms in total. The zero-order valence-corrected chi connectivity index (χ0v) is 11.7. The van der Waals surface area contributed by atoms with Crippen LogP contribution in [0.1, 0.15) is 26.2 Å². The molecule has 0 aromatic carbocycles. The maximum absolute atomic E-state index is 11.5. The Labute approximate surface area is 118 Å². The van der Waals surface area contributed by atoms with Crippen molar-refractivity contribution in [3.63, 3.8) is 0 Å². The zero-order chi connectivity index (χ0) is 14.8. The van der Waals surface area contributed by atoms with E-state index in [0.717, 1.165) is 6.42 Å². The Morgan fingerprint density at radius 2 is 2.05 bits per heavy atom. The lowest BCUT2D eigenvalue weighted by Crippen LogP contribution is -2.38. The van der Waals surface area contributed by atoms with Crippen LogP contribution in [0.4, 0.5) is 4.79 Å². The predicted octanol–water partition coefficient (Wildman–Crippen LogP) is 1.07. The molecule has 3 N–H and O–H groups in total. The smallest absolute Gasteiger partial charge is 0.314 e. The van der Waals surface area contributed by atoms with E-state index in [9.17, 15) is 9.59 Å². The molecule has 0 aliphatic heterocycles. The second-order valence-electron chi connectivity index (χ2n) is 4.78. The Kier molecular flexibility index (Phi) is 7.16. The number of carboxylic acids is 1. The fraction of sp³-hybridized carbons (Fsp3) is 0.615. The highest BCUT2D eigenvalue weighted by atomic mass is 16.4. The molecule has 0 radical (unpaired) electrons. The molecule has 0 saturated carbocycles. The number of urea groups is 1. The van der Waals surface area contributed by atoms with E-state index in [-0.39, 0.29) is 18.4 Å². The molecule has 0 saturated heterocycles. The minimum Gasteiger partial charge on any atom is -0.481 e. The van der Waals surface area contributed by atoms with E-state index in [1.54, 1.807) is 10.9 Å². The minimum absolute atomic E-state index is 0.178. The maximum Gasteiger partial charge on any atom is 0.314 e. The number of rotatable bonds is 9. The first kappa shape index (κ1) is 16.0. The van der Waals surface area contributed by atoms with Gasteiger partial charge in [0.25, 0.3) is 0 Å². The summed E-state index contributed by atoms with van der Waals surface area (Å²) in [5.41, 5.74) is 0. The van der Waals surface area contributed by atoms with E-state index in [1.165, 1.54) is 0 Å². The van der Waals surface area contributed by atoms with Gasteiger partial charge in [-0.25, -0.2) is 4.79 Å². The number of hydrogen-bond acceptors (Lipinski definition) is 3. The highest BCUT2D eigenvalue weighted by Crippen LogP contribution is 2.08. The van der Waals surface area contributed by atoms with Gasteiger partial charge in [0.15, 0.2) is 0 Å². The van der Waals surface area contributed by atoms with E-state index in [1.807, 2.05) is 19.2 Å². The first-order valence-electron chi connectivity index (χ1n) is 6.79. The van der Waals surface area contributed by atoms with Gasteiger partial charge in [-0.2, -0.15) is 5.10 Å². The number of aromatic nitrogens is 2. The number of carboxylic acid groups (broad SMARTS) is 1. The maximum atomic E-state index is 11.5. The van der Waals surface area contributed by atoms with Gasteiger partial charge in [0.05, 0.1) is 6.54 Å². The van der Waals surface area contributed by atoms with Gasteiger partial charge in [0.2, 0.25) is 0 Å². The number of aliphatic carboxylic acids is 1. The average Bonchev–Trinajstić information content (AvgIpc) is 2.89. The van der Waals surface area contributed by atoms with Crippen LogP contribution in [-0.4, -0.2) is 40.0 Å². The van der Waals surface area contributed by atoms with Crippen molar-refractivity contribution in [3.8, 4) is 0 Å². The molecule has 1 unspecified atom stereocenters. The van der Waals surface area contributed by atoms with Crippen LogP contribution in [0.15, 0.2) is 18.5 Å². The van der Waals surface area contributed by atoms with Crippen LogP contribution in [0.3, 0.4) is 0 Å². The third kappa shape index (κ3) is 7.40. The van der Waals surface area contributed by atoms with Gasteiger partial charge in [-0.3, -0.25) is 9.48 Å². The summed E-state index contributed by atoms with van der Waals surface area (Å²) in [7, 11) is 0.